The lowest BCUT2D eigenvalue weighted by atomic mass is 10.0. The van der Waals surface area contributed by atoms with Gasteiger partial charge in [-0.15, -0.1) is 11.3 Å². The number of aromatic nitrogens is 3. The van der Waals surface area contributed by atoms with Gasteiger partial charge in [-0.1, -0.05) is 17.7 Å². The van der Waals surface area contributed by atoms with E-state index in [-0.39, 0.29) is 0 Å². The minimum absolute atomic E-state index is 1.03. The Balaban J connectivity index is 1.93. The molecular formula is C15H13N3S. The highest BCUT2D eigenvalue weighted by atomic mass is 32.1. The predicted molar refractivity (Wildman–Crippen MR) is 76.8 cm³/mol. The van der Waals surface area contributed by atoms with E-state index in [2.05, 4.69) is 41.3 Å². The van der Waals surface area contributed by atoms with E-state index in [9.17, 15) is 0 Å². The van der Waals surface area contributed by atoms with Crippen molar-refractivity contribution in [3.05, 3.63) is 52.8 Å². The van der Waals surface area contributed by atoms with Gasteiger partial charge in [0.2, 0.25) is 0 Å². The van der Waals surface area contributed by atoms with Crippen LogP contribution >= 0.6 is 11.3 Å². The second kappa shape index (κ2) is 4.03. The van der Waals surface area contributed by atoms with Crippen molar-refractivity contribution in [3.8, 4) is 16.3 Å². The Morgan fingerprint density at radius 1 is 1.16 bits per heavy atom. The summed E-state index contributed by atoms with van der Waals surface area (Å²) in [6.45, 7) is 2.10. The molecule has 0 atom stereocenters. The third-order valence-electron chi connectivity index (χ3n) is 3.61. The van der Waals surface area contributed by atoms with E-state index in [1.54, 1.807) is 11.3 Å². The Bertz CT molecular complexity index is 737. The first-order valence-corrected chi connectivity index (χ1v) is 7.27. The first-order chi connectivity index (χ1) is 9.33. The van der Waals surface area contributed by atoms with Gasteiger partial charge in [0, 0.05) is 0 Å². The molecule has 3 nitrogen and oxygen atoms in total. The summed E-state index contributed by atoms with van der Waals surface area (Å²) in [4.78, 5) is 5.74. The summed E-state index contributed by atoms with van der Waals surface area (Å²) < 4.78 is 2.05. The molecule has 0 fully saturated rings. The van der Waals surface area contributed by atoms with E-state index >= 15 is 0 Å². The van der Waals surface area contributed by atoms with Crippen molar-refractivity contribution >= 4 is 11.3 Å². The third-order valence-corrected chi connectivity index (χ3v) is 4.49. The second-order valence-electron chi connectivity index (χ2n) is 4.89. The Labute approximate surface area is 115 Å². The van der Waals surface area contributed by atoms with E-state index in [4.69, 9.17) is 0 Å². The standard InChI is InChI=1S/C15H13N3S/c1-10-2-5-12(6-3-10)18-14-11(8-17-18)4-7-13-15(14)19-9-16-13/h2-3,5-6,8-9H,4,7H2,1H3. The van der Waals surface area contributed by atoms with Crippen molar-refractivity contribution in [2.45, 2.75) is 19.8 Å². The molecule has 4 heteroatoms. The van der Waals surface area contributed by atoms with Crippen molar-refractivity contribution in [2.75, 3.05) is 0 Å². The number of fused-ring (bicyclic) bond motifs is 3. The van der Waals surface area contributed by atoms with Crippen LogP contribution in [0.15, 0.2) is 36.0 Å². The molecule has 0 unspecified atom stereocenters. The molecule has 2 heterocycles. The average Bonchev–Trinajstić information content (AvgIpc) is 3.04. The third kappa shape index (κ3) is 1.64. The van der Waals surface area contributed by atoms with Crippen molar-refractivity contribution in [1.82, 2.24) is 14.8 Å². The Morgan fingerprint density at radius 3 is 2.84 bits per heavy atom. The van der Waals surface area contributed by atoms with Gasteiger partial charge in [0.05, 0.1) is 33.7 Å². The van der Waals surface area contributed by atoms with Gasteiger partial charge in [0.1, 0.15) is 0 Å². The Kier molecular flexibility index (Phi) is 2.32. The van der Waals surface area contributed by atoms with Gasteiger partial charge < -0.3 is 0 Å². The van der Waals surface area contributed by atoms with Gasteiger partial charge in [-0.3, -0.25) is 0 Å². The first-order valence-electron chi connectivity index (χ1n) is 6.39. The minimum atomic E-state index is 1.03. The van der Waals surface area contributed by atoms with Gasteiger partial charge in [-0.05, 0) is 37.5 Å². The van der Waals surface area contributed by atoms with Crippen LogP contribution in [0, 0.1) is 6.92 Å². The summed E-state index contributed by atoms with van der Waals surface area (Å²) in [5.41, 5.74) is 8.10. The zero-order chi connectivity index (χ0) is 12.8. The van der Waals surface area contributed by atoms with Crippen molar-refractivity contribution in [3.63, 3.8) is 0 Å². The van der Waals surface area contributed by atoms with Crippen LogP contribution in [0.5, 0.6) is 0 Å². The molecule has 0 N–H and O–H groups in total. The second-order valence-corrected chi connectivity index (χ2v) is 5.75. The maximum absolute atomic E-state index is 4.57. The van der Waals surface area contributed by atoms with Gasteiger partial charge in [-0.2, -0.15) is 5.10 Å². The van der Waals surface area contributed by atoms with Crippen molar-refractivity contribution in [1.29, 1.82) is 0 Å². The fraction of sp³-hybridized carbons (Fsp3) is 0.200. The lowest BCUT2D eigenvalue weighted by molar-refractivity contribution is 0.871. The smallest absolute Gasteiger partial charge is 0.0891 e. The number of rotatable bonds is 1. The number of benzene rings is 1. The molecule has 0 radical (unpaired) electrons. The molecule has 19 heavy (non-hydrogen) atoms. The summed E-state index contributed by atoms with van der Waals surface area (Å²) in [6.07, 6.45) is 4.07. The van der Waals surface area contributed by atoms with Crippen LogP contribution < -0.4 is 0 Å². The molecule has 1 aromatic carbocycles. The van der Waals surface area contributed by atoms with Gasteiger partial charge in [0.25, 0.3) is 0 Å². The molecule has 0 bridgehead atoms. The highest BCUT2D eigenvalue weighted by molar-refractivity contribution is 7.13. The summed E-state index contributed by atoms with van der Waals surface area (Å²) in [5, 5.41) is 4.57. The monoisotopic (exact) mass is 267 g/mol. The van der Waals surface area contributed by atoms with Gasteiger partial charge in [0.15, 0.2) is 0 Å². The molecule has 4 rings (SSSR count). The molecule has 0 amide bonds. The summed E-state index contributed by atoms with van der Waals surface area (Å²) >= 11 is 1.71. The van der Waals surface area contributed by atoms with E-state index in [1.165, 1.54) is 27.4 Å². The van der Waals surface area contributed by atoms with Crippen LogP contribution in [0.1, 0.15) is 16.8 Å². The topological polar surface area (TPSA) is 30.7 Å². The molecule has 0 saturated carbocycles. The number of aryl methyl sites for hydroxylation is 3. The Morgan fingerprint density at radius 2 is 2.00 bits per heavy atom. The normalized spacial score (nSPS) is 13.1. The van der Waals surface area contributed by atoms with Crippen LogP contribution in [0.4, 0.5) is 0 Å². The van der Waals surface area contributed by atoms with E-state index < -0.39 is 0 Å². The summed E-state index contributed by atoms with van der Waals surface area (Å²) in [7, 11) is 0. The average molecular weight is 267 g/mol. The predicted octanol–water partition coefficient (Wildman–Crippen LogP) is 3.40. The van der Waals surface area contributed by atoms with E-state index in [0.717, 1.165) is 18.5 Å². The maximum Gasteiger partial charge on any atom is 0.0891 e. The quantitative estimate of drug-likeness (QED) is 0.676. The molecule has 0 aliphatic heterocycles. The number of hydrogen-bond acceptors (Lipinski definition) is 3. The highest BCUT2D eigenvalue weighted by Gasteiger charge is 2.23. The molecule has 3 aromatic rings. The van der Waals surface area contributed by atoms with Crippen LogP contribution in [0.2, 0.25) is 0 Å². The van der Waals surface area contributed by atoms with Crippen LogP contribution in [-0.2, 0) is 12.8 Å². The zero-order valence-corrected chi connectivity index (χ0v) is 11.4. The molecule has 2 aromatic heterocycles. The largest absolute Gasteiger partial charge is 0.249 e. The number of thiazole rings is 1. The number of nitrogens with zero attached hydrogens (tertiary/aromatic N) is 3. The van der Waals surface area contributed by atoms with Gasteiger partial charge in [-0.25, -0.2) is 9.67 Å². The first kappa shape index (κ1) is 10.9. The van der Waals surface area contributed by atoms with Gasteiger partial charge >= 0.3 is 0 Å². The molecular weight excluding hydrogens is 254 g/mol. The van der Waals surface area contributed by atoms with Crippen molar-refractivity contribution in [2.24, 2.45) is 0 Å². The lowest BCUT2D eigenvalue weighted by Gasteiger charge is -2.13. The fourth-order valence-electron chi connectivity index (χ4n) is 2.58. The fourth-order valence-corrected chi connectivity index (χ4v) is 3.49. The van der Waals surface area contributed by atoms with E-state index in [0.29, 0.717) is 0 Å². The summed E-state index contributed by atoms with van der Waals surface area (Å²) in [6, 6.07) is 8.50. The summed E-state index contributed by atoms with van der Waals surface area (Å²) in [5.74, 6) is 0. The maximum atomic E-state index is 4.57. The molecule has 1 aliphatic rings. The molecule has 1 aliphatic carbocycles. The van der Waals surface area contributed by atoms with E-state index in [1.807, 2.05) is 16.4 Å². The number of hydrogen-bond donors (Lipinski definition) is 0. The highest BCUT2D eigenvalue weighted by Crippen LogP contribution is 2.37. The van der Waals surface area contributed by atoms with Crippen LogP contribution in [-0.4, -0.2) is 14.8 Å². The Hall–Kier alpha value is -1.94. The molecule has 0 spiro atoms. The SMILES string of the molecule is Cc1ccc(-n2ncc3c2-c2scnc2CC3)cc1. The van der Waals surface area contributed by atoms with Crippen LogP contribution in [0.3, 0.4) is 0 Å². The lowest BCUT2D eigenvalue weighted by Crippen LogP contribution is -2.05. The van der Waals surface area contributed by atoms with Crippen molar-refractivity contribution < 1.29 is 0 Å². The zero-order valence-electron chi connectivity index (χ0n) is 10.6. The molecule has 0 saturated heterocycles. The molecule has 94 valence electrons. The minimum Gasteiger partial charge on any atom is -0.249 e. The van der Waals surface area contributed by atoms with Crippen LogP contribution in [0.25, 0.3) is 16.3 Å².